The Kier molecular flexibility index (Phi) is 3.14. The first-order chi connectivity index (χ1) is 6.77. The first-order valence-electron chi connectivity index (χ1n) is 5.20. The van der Waals surface area contributed by atoms with Crippen molar-refractivity contribution in [2.24, 2.45) is 0 Å². The molecule has 1 heterocycles. The molecule has 1 fully saturated rings. The maximum absolute atomic E-state index is 3.64. The molecular weight excluding hydrogens is 190 g/mol. The molecule has 14 heavy (non-hydrogen) atoms. The second-order valence-corrected chi connectivity index (χ2v) is 5.18. The number of hydrogen-bond acceptors (Lipinski definition) is 2. The molecule has 1 nitrogen and oxygen atoms in total. The summed E-state index contributed by atoms with van der Waals surface area (Å²) in [4.78, 5) is 0. The summed E-state index contributed by atoms with van der Waals surface area (Å²) in [5.41, 5.74) is 2.84. The Morgan fingerprint density at radius 3 is 2.86 bits per heavy atom. The molecule has 76 valence electrons. The van der Waals surface area contributed by atoms with Gasteiger partial charge in [-0.2, -0.15) is 0 Å². The minimum absolute atomic E-state index is 0.500. The molecule has 0 aliphatic carbocycles. The molecular formula is C12H17NS. The van der Waals surface area contributed by atoms with E-state index in [1.807, 2.05) is 11.8 Å². The lowest BCUT2D eigenvalue weighted by molar-refractivity contribution is 0.511. The third-order valence-electron chi connectivity index (χ3n) is 2.74. The van der Waals surface area contributed by atoms with Gasteiger partial charge in [-0.05, 0) is 37.1 Å². The Morgan fingerprint density at radius 2 is 2.14 bits per heavy atom. The van der Waals surface area contributed by atoms with E-state index in [2.05, 4.69) is 43.4 Å². The van der Waals surface area contributed by atoms with Crippen LogP contribution in [0.2, 0.25) is 0 Å². The molecule has 2 heteroatoms. The molecule has 2 atom stereocenters. The minimum Gasteiger partial charge on any atom is -0.299 e. The van der Waals surface area contributed by atoms with Crippen molar-refractivity contribution >= 4 is 11.8 Å². The van der Waals surface area contributed by atoms with Crippen LogP contribution in [0.4, 0.5) is 0 Å². The van der Waals surface area contributed by atoms with Crippen LogP contribution in [0, 0.1) is 6.92 Å². The van der Waals surface area contributed by atoms with E-state index in [0.29, 0.717) is 11.4 Å². The van der Waals surface area contributed by atoms with Gasteiger partial charge in [0, 0.05) is 6.04 Å². The van der Waals surface area contributed by atoms with Crippen molar-refractivity contribution in [3.8, 4) is 0 Å². The third kappa shape index (κ3) is 2.12. The number of nitrogens with one attached hydrogen (secondary N) is 1. The minimum atomic E-state index is 0.500. The highest BCUT2D eigenvalue weighted by Crippen LogP contribution is 2.32. The van der Waals surface area contributed by atoms with Crippen molar-refractivity contribution in [2.45, 2.75) is 31.7 Å². The van der Waals surface area contributed by atoms with Crippen LogP contribution in [0.15, 0.2) is 24.3 Å². The van der Waals surface area contributed by atoms with E-state index in [9.17, 15) is 0 Å². The zero-order chi connectivity index (χ0) is 9.97. The van der Waals surface area contributed by atoms with Crippen LogP contribution >= 0.6 is 11.8 Å². The number of thioether (sulfide) groups is 1. The summed E-state index contributed by atoms with van der Waals surface area (Å²) >= 11 is 2.02. The molecule has 1 aromatic carbocycles. The van der Waals surface area contributed by atoms with E-state index < -0.39 is 0 Å². The van der Waals surface area contributed by atoms with Crippen LogP contribution in [0.3, 0.4) is 0 Å². The fourth-order valence-electron chi connectivity index (χ4n) is 1.81. The lowest BCUT2D eigenvalue weighted by atomic mass is 10.1. The average molecular weight is 207 g/mol. The van der Waals surface area contributed by atoms with Gasteiger partial charge in [-0.1, -0.05) is 24.3 Å². The van der Waals surface area contributed by atoms with Gasteiger partial charge >= 0.3 is 0 Å². The summed E-state index contributed by atoms with van der Waals surface area (Å²) in [7, 11) is 0. The van der Waals surface area contributed by atoms with Gasteiger partial charge < -0.3 is 0 Å². The summed E-state index contributed by atoms with van der Waals surface area (Å²) in [6, 6.07) is 9.31. The SMILES string of the molecule is Cc1ccccc1C1NC(C)CCS1. The van der Waals surface area contributed by atoms with Crippen molar-refractivity contribution in [3.63, 3.8) is 0 Å². The molecule has 2 rings (SSSR count). The van der Waals surface area contributed by atoms with Crippen molar-refractivity contribution < 1.29 is 0 Å². The molecule has 1 aliphatic rings. The number of benzene rings is 1. The Morgan fingerprint density at radius 1 is 1.36 bits per heavy atom. The van der Waals surface area contributed by atoms with Crippen LogP contribution in [0.25, 0.3) is 0 Å². The molecule has 2 unspecified atom stereocenters. The van der Waals surface area contributed by atoms with Crippen LogP contribution < -0.4 is 5.32 Å². The van der Waals surface area contributed by atoms with E-state index in [0.717, 1.165) is 0 Å². The van der Waals surface area contributed by atoms with Gasteiger partial charge in [0.2, 0.25) is 0 Å². The molecule has 1 saturated heterocycles. The Labute approximate surface area is 90.3 Å². The molecule has 1 aromatic rings. The molecule has 1 aliphatic heterocycles. The molecule has 0 amide bonds. The fraction of sp³-hybridized carbons (Fsp3) is 0.500. The van der Waals surface area contributed by atoms with Gasteiger partial charge in [-0.3, -0.25) is 5.32 Å². The van der Waals surface area contributed by atoms with E-state index in [1.54, 1.807) is 0 Å². The predicted octanol–water partition coefficient (Wildman–Crippen LogP) is 3.11. The molecule has 0 saturated carbocycles. The van der Waals surface area contributed by atoms with Gasteiger partial charge in [-0.25, -0.2) is 0 Å². The summed E-state index contributed by atoms with van der Waals surface area (Å²) < 4.78 is 0. The normalized spacial score (nSPS) is 27.6. The highest BCUT2D eigenvalue weighted by Gasteiger charge is 2.20. The van der Waals surface area contributed by atoms with Crippen molar-refractivity contribution in [1.29, 1.82) is 0 Å². The standard InChI is InChI=1S/C12H17NS/c1-9-5-3-4-6-11(9)12-13-10(2)7-8-14-12/h3-6,10,12-13H,7-8H2,1-2H3. The van der Waals surface area contributed by atoms with Crippen molar-refractivity contribution in [1.82, 2.24) is 5.32 Å². The van der Waals surface area contributed by atoms with E-state index in [-0.39, 0.29) is 0 Å². The largest absolute Gasteiger partial charge is 0.299 e. The van der Waals surface area contributed by atoms with Crippen molar-refractivity contribution in [3.05, 3.63) is 35.4 Å². The number of aryl methyl sites for hydroxylation is 1. The summed E-state index contributed by atoms with van der Waals surface area (Å²) in [5.74, 6) is 1.27. The lowest BCUT2D eigenvalue weighted by Gasteiger charge is -2.29. The van der Waals surface area contributed by atoms with Crippen LogP contribution in [0.1, 0.15) is 29.8 Å². The summed E-state index contributed by atoms with van der Waals surface area (Å²) in [6.07, 6.45) is 1.28. The Hall–Kier alpha value is -0.470. The van der Waals surface area contributed by atoms with E-state index in [4.69, 9.17) is 0 Å². The first kappa shape index (κ1) is 10.1. The first-order valence-corrected chi connectivity index (χ1v) is 6.25. The van der Waals surface area contributed by atoms with Crippen molar-refractivity contribution in [2.75, 3.05) is 5.75 Å². The van der Waals surface area contributed by atoms with Crippen LogP contribution in [-0.2, 0) is 0 Å². The maximum atomic E-state index is 3.64. The van der Waals surface area contributed by atoms with Crippen LogP contribution in [0.5, 0.6) is 0 Å². The lowest BCUT2D eigenvalue weighted by Crippen LogP contribution is -2.33. The highest BCUT2D eigenvalue weighted by atomic mass is 32.2. The zero-order valence-electron chi connectivity index (χ0n) is 8.79. The summed E-state index contributed by atoms with van der Waals surface area (Å²) in [6.45, 7) is 4.46. The van der Waals surface area contributed by atoms with Gasteiger partial charge in [0.15, 0.2) is 0 Å². The molecule has 0 aromatic heterocycles. The fourth-order valence-corrected chi connectivity index (χ4v) is 3.31. The molecule has 1 N–H and O–H groups in total. The molecule has 0 radical (unpaired) electrons. The second kappa shape index (κ2) is 4.37. The van der Waals surface area contributed by atoms with Gasteiger partial charge in [0.1, 0.15) is 0 Å². The summed E-state index contributed by atoms with van der Waals surface area (Å²) in [5, 5.41) is 4.14. The highest BCUT2D eigenvalue weighted by molar-refractivity contribution is 7.99. The molecule has 0 spiro atoms. The van der Waals surface area contributed by atoms with Crippen LogP contribution in [-0.4, -0.2) is 11.8 Å². The topological polar surface area (TPSA) is 12.0 Å². The quantitative estimate of drug-likeness (QED) is 0.759. The maximum Gasteiger partial charge on any atom is 0.0793 e. The predicted molar refractivity (Wildman–Crippen MR) is 63.6 cm³/mol. The number of hydrogen-bond donors (Lipinski definition) is 1. The van der Waals surface area contributed by atoms with E-state index in [1.165, 1.54) is 23.3 Å². The Balaban J connectivity index is 2.18. The number of rotatable bonds is 1. The second-order valence-electron chi connectivity index (χ2n) is 3.96. The monoisotopic (exact) mass is 207 g/mol. The van der Waals surface area contributed by atoms with E-state index >= 15 is 0 Å². The zero-order valence-corrected chi connectivity index (χ0v) is 9.60. The van der Waals surface area contributed by atoms with Gasteiger partial charge in [-0.15, -0.1) is 11.8 Å². The average Bonchev–Trinajstić information content (AvgIpc) is 2.18. The third-order valence-corrected chi connectivity index (χ3v) is 3.94. The Bertz CT molecular complexity index is 311. The van der Waals surface area contributed by atoms with Gasteiger partial charge in [0.25, 0.3) is 0 Å². The van der Waals surface area contributed by atoms with Gasteiger partial charge in [0.05, 0.1) is 5.37 Å². The smallest absolute Gasteiger partial charge is 0.0793 e. The molecule has 0 bridgehead atoms.